The number of hydrogen-bond donors (Lipinski definition) is 7. The molecule has 9 atom stereocenters. The largest absolute Gasteiger partial charge is 0.394 e. The summed E-state index contributed by atoms with van der Waals surface area (Å²) < 4.78 is 11.3. The van der Waals surface area contributed by atoms with Gasteiger partial charge >= 0.3 is 0 Å². The Bertz CT molecular complexity index is 537. The first kappa shape index (κ1) is 23.7. The van der Waals surface area contributed by atoms with Gasteiger partial charge in [-0.05, 0) is 24.2 Å². The highest BCUT2D eigenvalue weighted by Gasteiger charge is 2.53. The van der Waals surface area contributed by atoms with Crippen LogP contribution in [0.2, 0.25) is 0 Å². The average molecular weight is 406 g/mol. The van der Waals surface area contributed by atoms with Crippen LogP contribution in [0.1, 0.15) is 33.6 Å². The van der Waals surface area contributed by atoms with Gasteiger partial charge in [-0.1, -0.05) is 32.9 Å². The molecule has 1 saturated heterocycles. The SMILES string of the molecule is C[C@@H]1C[C@H](O[C@@H]2O[C@H](CO)[C@@H](O)[C@H](O)[C@H]2O)CC(C)(C)[C@@]1(O)/C=C/[C@H](O)CO. The highest BCUT2D eigenvalue weighted by molar-refractivity contribution is 5.15. The van der Waals surface area contributed by atoms with E-state index < -0.39 is 67.1 Å². The predicted molar refractivity (Wildman–Crippen MR) is 98.0 cm³/mol. The van der Waals surface area contributed by atoms with Crippen molar-refractivity contribution in [2.75, 3.05) is 13.2 Å². The van der Waals surface area contributed by atoms with Crippen molar-refractivity contribution in [2.45, 2.75) is 82.1 Å². The zero-order valence-corrected chi connectivity index (χ0v) is 16.5. The summed E-state index contributed by atoms with van der Waals surface area (Å²) in [5.41, 5.74) is -1.92. The molecule has 0 amide bonds. The Kier molecular flexibility index (Phi) is 7.63. The van der Waals surface area contributed by atoms with Gasteiger partial charge in [0, 0.05) is 0 Å². The van der Waals surface area contributed by atoms with Gasteiger partial charge in [-0.15, -0.1) is 0 Å². The smallest absolute Gasteiger partial charge is 0.186 e. The Morgan fingerprint density at radius 3 is 2.32 bits per heavy atom. The van der Waals surface area contributed by atoms with Crippen LogP contribution in [-0.2, 0) is 9.47 Å². The van der Waals surface area contributed by atoms with Gasteiger partial charge in [0.15, 0.2) is 6.29 Å². The van der Waals surface area contributed by atoms with Crippen molar-refractivity contribution in [1.29, 1.82) is 0 Å². The van der Waals surface area contributed by atoms with Gasteiger partial charge in [-0.25, -0.2) is 0 Å². The average Bonchev–Trinajstić information content (AvgIpc) is 2.64. The normalized spacial score (nSPS) is 45.3. The fourth-order valence-electron chi connectivity index (χ4n) is 4.24. The molecule has 0 radical (unpaired) electrons. The van der Waals surface area contributed by atoms with E-state index in [0.717, 1.165) is 0 Å². The second-order valence-electron chi connectivity index (χ2n) is 8.61. The van der Waals surface area contributed by atoms with E-state index in [2.05, 4.69) is 0 Å². The van der Waals surface area contributed by atoms with E-state index in [1.54, 1.807) is 0 Å². The molecular weight excluding hydrogens is 372 g/mol. The van der Waals surface area contributed by atoms with Gasteiger partial charge in [-0.2, -0.15) is 0 Å². The van der Waals surface area contributed by atoms with Crippen LogP contribution in [0.15, 0.2) is 12.2 Å². The number of aliphatic hydroxyl groups excluding tert-OH is 6. The third kappa shape index (κ3) is 4.58. The molecule has 0 aromatic carbocycles. The van der Waals surface area contributed by atoms with Crippen LogP contribution >= 0.6 is 0 Å². The zero-order valence-electron chi connectivity index (χ0n) is 16.5. The molecule has 2 fully saturated rings. The Balaban J connectivity index is 2.11. The fourth-order valence-corrected chi connectivity index (χ4v) is 4.24. The van der Waals surface area contributed by atoms with E-state index in [1.165, 1.54) is 12.2 Å². The number of rotatable bonds is 6. The molecule has 0 unspecified atom stereocenters. The van der Waals surface area contributed by atoms with E-state index in [4.69, 9.17) is 14.6 Å². The third-order valence-electron chi connectivity index (χ3n) is 6.12. The van der Waals surface area contributed by atoms with E-state index in [0.29, 0.717) is 12.8 Å². The summed E-state index contributed by atoms with van der Waals surface area (Å²) >= 11 is 0. The van der Waals surface area contributed by atoms with Gasteiger partial charge in [-0.3, -0.25) is 0 Å². The summed E-state index contributed by atoms with van der Waals surface area (Å²) in [4.78, 5) is 0. The Hall–Kier alpha value is -0.620. The van der Waals surface area contributed by atoms with E-state index in [-0.39, 0.29) is 5.92 Å². The van der Waals surface area contributed by atoms with Crippen LogP contribution in [0.5, 0.6) is 0 Å². The van der Waals surface area contributed by atoms with E-state index >= 15 is 0 Å². The van der Waals surface area contributed by atoms with Crippen LogP contribution in [0.3, 0.4) is 0 Å². The van der Waals surface area contributed by atoms with Crippen molar-refractivity contribution >= 4 is 0 Å². The molecule has 0 aromatic heterocycles. The summed E-state index contributed by atoms with van der Waals surface area (Å²) in [6.45, 7) is 4.56. The number of aliphatic hydroxyl groups is 7. The first-order valence-electron chi connectivity index (χ1n) is 9.63. The molecule has 164 valence electrons. The van der Waals surface area contributed by atoms with E-state index in [1.807, 2.05) is 20.8 Å². The molecule has 1 aliphatic carbocycles. The van der Waals surface area contributed by atoms with Gasteiger partial charge in [0.2, 0.25) is 0 Å². The quantitative estimate of drug-likeness (QED) is 0.254. The molecular formula is C19H34O9. The molecule has 0 bridgehead atoms. The minimum absolute atomic E-state index is 0.284. The molecule has 1 aliphatic heterocycles. The summed E-state index contributed by atoms with van der Waals surface area (Å²) in [7, 11) is 0. The first-order chi connectivity index (χ1) is 13.0. The van der Waals surface area contributed by atoms with Crippen LogP contribution in [0, 0.1) is 11.3 Å². The van der Waals surface area contributed by atoms with Crippen molar-refractivity contribution in [3.63, 3.8) is 0 Å². The van der Waals surface area contributed by atoms with Crippen LogP contribution in [0.25, 0.3) is 0 Å². The maximum absolute atomic E-state index is 11.2. The maximum Gasteiger partial charge on any atom is 0.186 e. The molecule has 9 nitrogen and oxygen atoms in total. The Morgan fingerprint density at radius 1 is 1.14 bits per heavy atom. The topological polar surface area (TPSA) is 160 Å². The van der Waals surface area contributed by atoms with Crippen molar-refractivity contribution in [1.82, 2.24) is 0 Å². The summed E-state index contributed by atoms with van der Waals surface area (Å²) in [6.07, 6.45) is -4.48. The minimum Gasteiger partial charge on any atom is -0.394 e. The number of hydrogen-bond acceptors (Lipinski definition) is 9. The molecule has 28 heavy (non-hydrogen) atoms. The molecule has 7 N–H and O–H groups in total. The number of ether oxygens (including phenoxy) is 2. The van der Waals surface area contributed by atoms with Gasteiger partial charge in [0.25, 0.3) is 0 Å². The summed E-state index contributed by atoms with van der Waals surface area (Å²) in [5.74, 6) is -0.284. The van der Waals surface area contributed by atoms with Crippen LogP contribution in [-0.4, -0.2) is 97.5 Å². The van der Waals surface area contributed by atoms with Crippen LogP contribution in [0.4, 0.5) is 0 Å². The van der Waals surface area contributed by atoms with Crippen molar-refractivity contribution in [3.05, 3.63) is 12.2 Å². The lowest BCUT2D eigenvalue weighted by Gasteiger charge is -2.52. The van der Waals surface area contributed by atoms with Gasteiger partial charge in [0.05, 0.1) is 31.0 Å². The second kappa shape index (κ2) is 9.03. The predicted octanol–water partition coefficient (Wildman–Crippen LogP) is -1.73. The minimum atomic E-state index is -1.51. The Labute approximate surface area is 164 Å². The highest BCUT2D eigenvalue weighted by atomic mass is 16.7. The molecule has 9 heteroatoms. The second-order valence-corrected chi connectivity index (χ2v) is 8.61. The summed E-state index contributed by atoms with van der Waals surface area (Å²) in [5, 5.41) is 69.0. The fraction of sp³-hybridized carbons (Fsp3) is 0.895. The lowest BCUT2D eigenvalue weighted by Crippen LogP contribution is -2.61. The monoisotopic (exact) mass is 406 g/mol. The van der Waals surface area contributed by atoms with Gasteiger partial charge in [0.1, 0.15) is 24.4 Å². The highest BCUT2D eigenvalue weighted by Crippen LogP contribution is 2.49. The summed E-state index contributed by atoms with van der Waals surface area (Å²) in [6, 6.07) is 0. The van der Waals surface area contributed by atoms with Gasteiger partial charge < -0.3 is 45.2 Å². The zero-order chi connectivity index (χ0) is 21.3. The standard InChI is InChI=1S/C19H34O9/c1-10-6-12(7-18(2,3)19(10,26)5-4-11(22)8-20)27-17-16(25)15(24)14(23)13(9-21)28-17/h4-5,10-17,20-26H,6-9H2,1-3H3/b5-4+/t10-,11+,12+,13-,14-,15+,16-,17-,19-/m1/s1. The van der Waals surface area contributed by atoms with E-state index in [9.17, 15) is 30.6 Å². The molecule has 1 saturated carbocycles. The van der Waals surface area contributed by atoms with Crippen molar-refractivity contribution < 1.29 is 45.2 Å². The van der Waals surface area contributed by atoms with Crippen molar-refractivity contribution in [2.24, 2.45) is 11.3 Å². The molecule has 2 rings (SSSR count). The molecule has 1 heterocycles. The maximum atomic E-state index is 11.2. The van der Waals surface area contributed by atoms with Crippen molar-refractivity contribution in [3.8, 4) is 0 Å². The lowest BCUT2D eigenvalue weighted by atomic mass is 9.59. The lowest BCUT2D eigenvalue weighted by molar-refractivity contribution is -0.319. The van der Waals surface area contributed by atoms with Crippen LogP contribution < -0.4 is 0 Å². The third-order valence-corrected chi connectivity index (χ3v) is 6.12. The molecule has 0 aromatic rings. The Morgan fingerprint density at radius 2 is 1.79 bits per heavy atom. The molecule has 2 aliphatic rings. The molecule has 0 spiro atoms. The first-order valence-corrected chi connectivity index (χ1v) is 9.63.